The number of nitrogens with zero attached hydrogens (tertiary/aromatic N) is 2. The Balaban J connectivity index is 1.34. The van der Waals surface area contributed by atoms with Gasteiger partial charge in [0.2, 0.25) is 0 Å². The molecule has 7 aromatic carbocycles. The second kappa shape index (κ2) is 8.57. The molecule has 2 nitrogen and oxygen atoms in total. The van der Waals surface area contributed by atoms with Crippen LogP contribution < -0.4 is 0 Å². The summed E-state index contributed by atoms with van der Waals surface area (Å²) in [5.74, 6) is 0. The van der Waals surface area contributed by atoms with Crippen LogP contribution in [0.25, 0.3) is 85.9 Å². The molecule has 0 amide bonds. The van der Waals surface area contributed by atoms with Gasteiger partial charge in [0, 0.05) is 58.5 Å². The van der Waals surface area contributed by atoms with E-state index >= 15 is 0 Å². The van der Waals surface area contributed by atoms with E-state index in [4.69, 9.17) is 0 Å². The Morgan fingerprint density at radius 3 is 1.79 bits per heavy atom. The lowest BCUT2D eigenvalue weighted by molar-refractivity contribution is 1.17. The lowest BCUT2D eigenvalue weighted by Gasteiger charge is -2.12. The minimum Gasteiger partial charge on any atom is -0.309 e. The van der Waals surface area contributed by atoms with Crippen LogP contribution in [-0.2, 0) is 0 Å². The summed E-state index contributed by atoms with van der Waals surface area (Å²) in [5, 5.41) is 10.4. The zero-order valence-corrected chi connectivity index (χ0v) is 24.0. The van der Waals surface area contributed by atoms with Crippen LogP contribution in [0.2, 0.25) is 0 Å². The van der Waals surface area contributed by atoms with Crippen LogP contribution in [0.5, 0.6) is 0 Å². The van der Waals surface area contributed by atoms with Crippen molar-refractivity contribution in [2.24, 2.45) is 0 Å². The molecule has 0 unspecified atom stereocenters. The molecule has 0 saturated carbocycles. The van der Waals surface area contributed by atoms with Crippen LogP contribution >= 0.6 is 11.3 Å². The van der Waals surface area contributed by atoms with Gasteiger partial charge in [0.1, 0.15) is 0 Å². The van der Waals surface area contributed by atoms with Gasteiger partial charge in [0.25, 0.3) is 0 Å². The number of rotatable bonds is 2. The number of para-hydroxylation sites is 3. The van der Waals surface area contributed by atoms with Gasteiger partial charge in [0.05, 0.1) is 22.1 Å². The third-order valence-corrected chi connectivity index (χ3v) is 10.2. The average Bonchev–Trinajstić information content (AvgIpc) is 3.72. The van der Waals surface area contributed by atoms with E-state index < -0.39 is 0 Å². The Bertz CT molecular complexity index is 2720. The molecule has 0 saturated heterocycles. The minimum atomic E-state index is 1.18. The molecule has 0 atom stereocenters. The van der Waals surface area contributed by atoms with Crippen LogP contribution in [0.15, 0.2) is 146 Å². The molecule has 10 aromatic rings. The van der Waals surface area contributed by atoms with Crippen molar-refractivity contribution in [3.63, 3.8) is 0 Å². The summed E-state index contributed by atoms with van der Waals surface area (Å²) >= 11 is 1.88. The number of hydrogen-bond acceptors (Lipinski definition) is 1. The molecule has 0 aliphatic rings. The fourth-order valence-corrected chi connectivity index (χ4v) is 8.43. The maximum atomic E-state index is 2.49. The first-order chi connectivity index (χ1) is 21.3. The van der Waals surface area contributed by atoms with E-state index in [2.05, 4.69) is 155 Å². The van der Waals surface area contributed by atoms with E-state index in [1.807, 2.05) is 11.3 Å². The van der Waals surface area contributed by atoms with Gasteiger partial charge >= 0.3 is 0 Å². The first-order valence-corrected chi connectivity index (χ1v) is 15.5. The summed E-state index contributed by atoms with van der Waals surface area (Å²) in [6.45, 7) is 0. The van der Waals surface area contributed by atoms with Crippen molar-refractivity contribution in [1.29, 1.82) is 0 Å². The molecule has 10 rings (SSSR count). The second-order valence-corrected chi connectivity index (χ2v) is 12.4. The summed E-state index contributed by atoms with van der Waals surface area (Å²) in [4.78, 5) is 0. The molecule has 3 aromatic heterocycles. The fourth-order valence-electron chi connectivity index (χ4n) is 7.31. The summed E-state index contributed by atoms with van der Waals surface area (Å²) in [5.41, 5.74) is 7.29. The van der Waals surface area contributed by atoms with Gasteiger partial charge in [-0.15, -0.1) is 11.3 Å². The highest BCUT2D eigenvalue weighted by atomic mass is 32.1. The molecule has 3 heterocycles. The van der Waals surface area contributed by atoms with Crippen molar-refractivity contribution in [3.8, 4) is 11.4 Å². The Hall–Kier alpha value is -5.38. The third kappa shape index (κ3) is 3.12. The van der Waals surface area contributed by atoms with Gasteiger partial charge in [-0.3, -0.25) is 0 Å². The first kappa shape index (κ1) is 23.2. The van der Waals surface area contributed by atoms with Crippen molar-refractivity contribution in [1.82, 2.24) is 9.13 Å². The summed E-state index contributed by atoms with van der Waals surface area (Å²) in [6, 6.07) is 53.4. The smallest absolute Gasteiger partial charge is 0.0619 e. The molecule has 200 valence electrons. The van der Waals surface area contributed by atoms with E-state index in [9.17, 15) is 0 Å². The quantitative estimate of drug-likeness (QED) is 0.198. The van der Waals surface area contributed by atoms with Crippen LogP contribution in [0.4, 0.5) is 0 Å². The Morgan fingerprint density at radius 1 is 0.349 bits per heavy atom. The average molecular weight is 565 g/mol. The second-order valence-electron chi connectivity index (χ2n) is 11.3. The maximum absolute atomic E-state index is 2.49. The summed E-state index contributed by atoms with van der Waals surface area (Å²) in [7, 11) is 0. The number of benzene rings is 7. The maximum Gasteiger partial charge on any atom is 0.0619 e. The Labute approximate surface area is 251 Å². The van der Waals surface area contributed by atoms with Gasteiger partial charge in [-0.1, -0.05) is 91.0 Å². The van der Waals surface area contributed by atoms with Crippen molar-refractivity contribution in [2.45, 2.75) is 0 Å². The molecule has 0 spiro atoms. The van der Waals surface area contributed by atoms with Gasteiger partial charge in [-0.25, -0.2) is 0 Å². The number of aromatic nitrogens is 2. The van der Waals surface area contributed by atoms with E-state index in [1.165, 1.54) is 85.9 Å². The predicted molar refractivity (Wildman–Crippen MR) is 186 cm³/mol. The Kier molecular flexibility index (Phi) is 4.63. The monoisotopic (exact) mass is 564 g/mol. The molecule has 0 fully saturated rings. The van der Waals surface area contributed by atoms with E-state index in [0.717, 1.165) is 0 Å². The van der Waals surface area contributed by atoms with E-state index in [0.29, 0.717) is 0 Å². The summed E-state index contributed by atoms with van der Waals surface area (Å²) in [6.07, 6.45) is 0. The highest BCUT2D eigenvalue weighted by Crippen LogP contribution is 2.43. The zero-order chi connectivity index (χ0) is 28.1. The normalized spacial score (nSPS) is 12.2. The fraction of sp³-hybridized carbons (Fsp3) is 0. The third-order valence-electron chi connectivity index (χ3n) is 9.10. The van der Waals surface area contributed by atoms with Gasteiger partial charge < -0.3 is 9.13 Å². The molecule has 0 radical (unpaired) electrons. The first-order valence-electron chi connectivity index (χ1n) is 14.7. The molecule has 0 aliphatic carbocycles. The highest BCUT2D eigenvalue weighted by Gasteiger charge is 2.19. The molecular weight excluding hydrogens is 541 g/mol. The predicted octanol–water partition coefficient (Wildman–Crippen LogP) is 11.4. The zero-order valence-electron chi connectivity index (χ0n) is 23.2. The molecule has 0 N–H and O–H groups in total. The highest BCUT2D eigenvalue weighted by molar-refractivity contribution is 7.26. The Morgan fingerprint density at radius 2 is 0.953 bits per heavy atom. The van der Waals surface area contributed by atoms with Gasteiger partial charge in [-0.2, -0.15) is 0 Å². The molecular formula is C40H24N2S. The lowest BCUT2D eigenvalue weighted by Crippen LogP contribution is -1.96. The minimum absolute atomic E-state index is 1.18. The SMILES string of the molecule is c1ccc(-n2c3ccccc3c3cc(-n4c5ccccc5c5ccc6c(ccc7sc8ccccc8c76)c54)ccc32)cc1. The van der Waals surface area contributed by atoms with Crippen molar-refractivity contribution < 1.29 is 0 Å². The summed E-state index contributed by atoms with van der Waals surface area (Å²) < 4.78 is 7.55. The van der Waals surface area contributed by atoms with Crippen molar-refractivity contribution >= 4 is 85.9 Å². The van der Waals surface area contributed by atoms with Gasteiger partial charge in [-0.05, 0) is 60.0 Å². The van der Waals surface area contributed by atoms with Crippen molar-refractivity contribution in [2.75, 3.05) is 0 Å². The van der Waals surface area contributed by atoms with Gasteiger partial charge in [0.15, 0.2) is 0 Å². The van der Waals surface area contributed by atoms with Crippen LogP contribution in [0.1, 0.15) is 0 Å². The number of fused-ring (bicyclic) bond motifs is 12. The standard InChI is InChI=1S/C40H24N2S/c1-2-10-25(11-3-1)41-34-15-7-5-13-28(34)33-24-26(18-22-36(33)41)42-35-16-8-4-12-27(35)30-20-19-29-31(40(30)42)21-23-38-39(29)32-14-6-9-17-37(32)43-38/h1-24H. The molecule has 3 heteroatoms. The van der Waals surface area contributed by atoms with Crippen LogP contribution in [0.3, 0.4) is 0 Å². The van der Waals surface area contributed by atoms with Crippen molar-refractivity contribution in [3.05, 3.63) is 146 Å². The topological polar surface area (TPSA) is 9.86 Å². The van der Waals surface area contributed by atoms with Crippen LogP contribution in [0, 0.1) is 0 Å². The number of hydrogen-bond donors (Lipinski definition) is 0. The molecule has 0 aliphatic heterocycles. The number of thiophene rings is 1. The van der Waals surface area contributed by atoms with E-state index in [1.54, 1.807) is 0 Å². The molecule has 0 bridgehead atoms. The van der Waals surface area contributed by atoms with E-state index in [-0.39, 0.29) is 0 Å². The molecule has 43 heavy (non-hydrogen) atoms. The lowest BCUT2D eigenvalue weighted by atomic mass is 10.0. The largest absolute Gasteiger partial charge is 0.309 e. The van der Waals surface area contributed by atoms with Crippen LogP contribution in [-0.4, -0.2) is 9.13 Å².